The first-order valence-corrected chi connectivity index (χ1v) is 5.17. The van der Waals surface area contributed by atoms with Crippen LogP contribution in [0.3, 0.4) is 0 Å². The van der Waals surface area contributed by atoms with Crippen molar-refractivity contribution in [1.82, 2.24) is 0 Å². The summed E-state index contributed by atoms with van der Waals surface area (Å²) in [5.41, 5.74) is 0.298. The molecule has 0 bridgehead atoms. The third kappa shape index (κ3) is 2.97. The van der Waals surface area contributed by atoms with E-state index in [1.165, 1.54) is 12.1 Å². The summed E-state index contributed by atoms with van der Waals surface area (Å²) in [5, 5.41) is 18.2. The molecule has 4 heteroatoms. The van der Waals surface area contributed by atoms with Crippen molar-refractivity contribution < 1.29 is 19.7 Å². The molecule has 0 aliphatic rings. The lowest BCUT2D eigenvalue weighted by atomic mass is 10.0. The van der Waals surface area contributed by atoms with Crippen molar-refractivity contribution in [3.63, 3.8) is 0 Å². The van der Waals surface area contributed by atoms with Crippen molar-refractivity contribution in [1.29, 1.82) is 0 Å². The molecular weight excluding hydrogens is 208 g/mol. The number of Topliss-reactive ketones (excluding diaryl/α,β-unsaturated/α-hetero) is 1. The zero-order chi connectivity index (χ0) is 12.1. The van der Waals surface area contributed by atoms with Crippen molar-refractivity contribution >= 4 is 5.78 Å². The van der Waals surface area contributed by atoms with E-state index in [9.17, 15) is 9.90 Å². The van der Waals surface area contributed by atoms with E-state index >= 15 is 0 Å². The van der Waals surface area contributed by atoms with Gasteiger partial charge in [0.05, 0.1) is 12.2 Å². The van der Waals surface area contributed by atoms with Crippen LogP contribution in [0.4, 0.5) is 0 Å². The molecule has 88 valence electrons. The Morgan fingerprint density at radius 2 is 2.12 bits per heavy atom. The lowest BCUT2D eigenvalue weighted by molar-refractivity contribution is 0.0936. The molecular formula is C12H16O4. The first kappa shape index (κ1) is 12.5. The van der Waals surface area contributed by atoms with Crippen LogP contribution in [0, 0.1) is 5.92 Å². The highest BCUT2D eigenvalue weighted by atomic mass is 16.5. The molecule has 0 aromatic heterocycles. The first-order valence-electron chi connectivity index (χ1n) is 5.17. The Morgan fingerprint density at radius 3 is 2.62 bits per heavy atom. The highest BCUT2D eigenvalue weighted by molar-refractivity contribution is 5.99. The van der Waals surface area contributed by atoms with Gasteiger partial charge in [-0.2, -0.15) is 0 Å². The topological polar surface area (TPSA) is 66.8 Å². The van der Waals surface area contributed by atoms with Gasteiger partial charge in [-0.1, -0.05) is 13.8 Å². The third-order valence-electron chi connectivity index (χ3n) is 2.12. The van der Waals surface area contributed by atoms with Crippen LogP contribution in [0.2, 0.25) is 0 Å². The molecule has 0 fully saturated rings. The van der Waals surface area contributed by atoms with E-state index < -0.39 is 0 Å². The Morgan fingerprint density at radius 1 is 1.44 bits per heavy atom. The summed E-state index contributed by atoms with van der Waals surface area (Å²) in [4.78, 5) is 11.6. The average Bonchev–Trinajstić information content (AvgIpc) is 2.25. The molecule has 1 rings (SSSR count). The van der Waals surface area contributed by atoms with Gasteiger partial charge in [0.1, 0.15) is 18.1 Å². The van der Waals surface area contributed by atoms with Gasteiger partial charge in [0.2, 0.25) is 0 Å². The van der Waals surface area contributed by atoms with E-state index in [4.69, 9.17) is 9.84 Å². The van der Waals surface area contributed by atoms with Crippen molar-refractivity contribution in [2.24, 2.45) is 5.92 Å². The van der Waals surface area contributed by atoms with E-state index in [0.29, 0.717) is 11.3 Å². The SMILES string of the molecule is CC(C)C(=O)c1ccc(OCCO)cc1O. The quantitative estimate of drug-likeness (QED) is 0.745. The molecule has 1 aromatic rings. The highest BCUT2D eigenvalue weighted by Crippen LogP contribution is 2.25. The molecule has 2 N–H and O–H groups in total. The predicted molar refractivity (Wildman–Crippen MR) is 59.9 cm³/mol. The highest BCUT2D eigenvalue weighted by Gasteiger charge is 2.15. The minimum Gasteiger partial charge on any atom is -0.507 e. The molecule has 16 heavy (non-hydrogen) atoms. The molecule has 0 heterocycles. The molecule has 1 aromatic carbocycles. The lowest BCUT2D eigenvalue weighted by Gasteiger charge is -2.09. The number of benzene rings is 1. The number of aliphatic hydroxyl groups excluding tert-OH is 1. The van der Waals surface area contributed by atoms with Gasteiger partial charge in [0.15, 0.2) is 5.78 Å². The van der Waals surface area contributed by atoms with Gasteiger partial charge in [-0.25, -0.2) is 0 Å². The van der Waals surface area contributed by atoms with E-state index in [2.05, 4.69) is 0 Å². The molecule has 0 saturated heterocycles. The van der Waals surface area contributed by atoms with E-state index in [1.807, 2.05) is 0 Å². The predicted octanol–water partition coefficient (Wildman–Crippen LogP) is 1.60. The summed E-state index contributed by atoms with van der Waals surface area (Å²) < 4.78 is 5.11. The molecule has 4 nitrogen and oxygen atoms in total. The Bertz CT molecular complexity index is 371. The van der Waals surface area contributed by atoms with Crippen molar-refractivity contribution in [3.05, 3.63) is 23.8 Å². The Kier molecular flexibility index (Phi) is 4.31. The fourth-order valence-corrected chi connectivity index (χ4v) is 1.28. The monoisotopic (exact) mass is 224 g/mol. The second-order valence-corrected chi connectivity index (χ2v) is 3.77. The van der Waals surface area contributed by atoms with Crippen LogP contribution in [0.25, 0.3) is 0 Å². The van der Waals surface area contributed by atoms with E-state index in [-0.39, 0.29) is 30.7 Å². The number of carbonyl (C=O) groups excluding carboxylic acids is 1. The van der Waals surface area contributed by atoms with Crippen LogP contribution in [0.1, 0.15) is 24.2 Å². The van der Waals surface area contributed by atoms with Crippen molar-refractivity contribution in [3.8, 4) is 11.5 Å². The summed E-state index contributed by atoms with van der Waals surface area (Å²) >= 11 is 0. The van der Waals surface area contributed by atoms with Gasteiger partial charge < -0.3 is 14.9 Å². The van der Waals surface area contributed by atoms with Crippen LogP contribution in [0.15, 0.2) is 18.2 Å². The fraction of sp³-hybridized carbons (Fsp3) is 0.417. The summed E-state index contributed by atoms with van der Waals surface area (Å²) in [5.74, 6) is 0.0855. The summed E-state index contributed by atoms with van der Waals surface area (Å²) in [6, 6.07) is 4.51. The Balaban J connectivity index is 2.87. The summed E-state index contributed by atoms with van der Waals surface area (Å²) in [7, 11) is 0. The summed E-state index contributed by atoms with van der Waals surface area (Å²) in [6.45, 7) is 3.63. The number of phenolic OH excluding ortho intramolecular Hbond substituents is 1. The van der Waals surface area contributed by atoms with Crippen LogP contribution >= 0.6 is 0 Å². The zero-order valence-corrected chi connectivity index (χ0v) is 9.43. The molecule has 0 radical (unpaired) electrons. The van der Waals surface area contributed by atoms with Gasteiger partial charge in [0.25, 0.3) is 0 Å². The number of hydrogen-bond donors (Lipinski definition) is 2. The minimum atomic E-state index is -0.157. The molecule has 0 aliphatic carbocycles. The van der Waals surface area contributed by atoms with Gasteiger partial charge >= 0.3 is 0 Å². The number of ether oxygens (including phenoxy) is 1. The van der Waals surface area contributed by atoms with Gasteiger partial charge in [-0.05, 0) is 12.1 Å². The maximum absolute atomic E-state index is 11.6. The molecule has 0 amide bonds. The number of aliphatic hydroxyl groups is 1. The van der Waals surface area contributed by atoms with Crippen molar-refractivity contribution in [2.75, 3.05) is 13.2 Å². The Labute approximate surface area is 94.5 Å². The molecule has 0 atom stereocenters. The number of ketones is 1. The smallest absolute Gasteiger partial charge is 0.169 e. The number of rotatable bonds is 5. The van der Waals surface area contributed by atoms with Crippen LogP contribution in [0.5, 0.6) is 11.5 Å². The molecule has 0 saturated carbocycles. The number of carbonyl (C=O) groups is 1. The standard InChI is InChI=1S/C12H16O4/c1-8(2)12(15)10-4-3-9(7-11(10)14)16-6-5-13/h3-4,7-8,13-14H,5-6H2,1-2H3. The maximum Gasteiger partial charge on any atom is 0.169 e. The third-order valence-corrected chi connectivity index (χ3v) is 2.12. The van der Waals surface area contributed by atoms with E-state index in [0.717, 1.165) is 0 Å². The van der Waals surface area contributed by atoms with Gasteiger partial charge in [-0.3, -0.25) is 4.79 Å². The van der Waals surface area contributed by atoms with Crippen LogP contribution in [-0.4, -0.2) is 29.2 Å². The normalized spacial score (nSPS) is 10.5. The summed E-state index contributed by atoms with van der Waals surface area (Å²) in [6.07, 6.45) is 0. The number of hydrogen-bond acceptors (Lipinski definition) is 4. The molecule has 0 unspecified atom stereocenters. The van der Waals surface area contributed by atoms with Crippen LogP contribution < -0.4 is 4.74 Å². The average molecular weight is 224 g/mol. The Hall–Kier alpha value is -1.55. The van der Waals surface area contributed by atoms with Crippen molar-refractivity contribution in [2.45, 2.75) is 13.8 Å². The number of aromatic hydroxyl groups is 1. The second kappa shape index (κ2) is 5.51. The fourth-order valence-electron chi connectivity index (χ4n) is 1.28. The van der Waals surface area contributed by atoms with Crippen LogP contribution in [-0.2, 0) is 0 Å². The second-order valence-electron chi connectivity index (χ2n) is 3.77. The van der Waals surface area contributed by atoms with E-state index in [1.54, 1.807) is 19.9 Å². The number of phenols is 1. The van der Waals surface area contributed by atoms with Gasteiger partial charge in [0, 0.05) is 12.0 Å². The molecule has 0 aliphatic heterocycles. The first-order chi connectivity index (χ1) is 7.56. The minimum absolute atomic E-state index is 0.0888. The zero-order valence-electron chi connectivity index (χ0n) is 9.43. The lowest BCUT2D eigenvalue weighted by Crippen LogP contribution is -2.08. The largest absolute Gasteiger partial charge is 0.507 e. The van der Waals surface area contributed by atoms with Gasteiger partial charge in [-0.15, -0.1) is 0 Å². The molecule has 0 spiro atoms. The maximum atomic E-state index is 11.6.